The van der Waals surface area contributed by atoms with E-state index in [0.717, 1.165) is 22.1 Å². The van der Waals surface area contributed by atoms with Gasteiger partial charge in [-0.2, -0.15) is 5.26 Å². The van der Waals surface area contributed by atoms with Crippen molar-refractivity contribution in [2.75, 3.05) is 0 Å². The summed E-state index contributed by atoms with van der Waals surface area (Å²) >= 11 is 0. The van der Waals surface area contributed by atoms with E-state index in [1.54, 1.807) is 0 Å². The third-order valence-electron chi connectivity index (χ3n) is 9.91. The van der Waals surface area contributed by atoms with Crippen LogP contribution in [0.3, 0.4) is 0 Å². The van der Waals surface area contributed by atoms with E-state index in [2.05, 4.69) is 150 Å². The van der Waals surface area contributed by atoms with Gasteiger partial charge >= 0.3 is 0 Å². The summed E-state index contributed by atoms with van der Waals surface area (Å²) < 4.78 is 2.31. The van der Waals surface area contributed by atoms with Crippen LogP contribution in [0, 0.1) is 11.3 Å². The fraction of sp³-hybridized carbons (Fsp3) is 0. The average Bonchev–Trinajstić information content (AvgIpc) is 3.48. The molecule has 0 saturated heterocycles. The summed E-state index contributed by atoms with van der Waals surface area (Å²) in [6, 6.07) is 59.2. The minimum atomic E-state index is 0.672. The van der Waals surface area contributed by atoms with Gasteiger partial charge in [0.2, 0.25) is 0 Å². The third kappa shape index (κ3) is 3.78. The fourth-order valence-electron chi connectivity index (χ4n) is 7.80. The SMILES string of the molecule is N#Cc1cc2ccc3cc(-c4ccc(-c5cc6c7ccccc7ccc6c6ccccc56)cc4)cc4c3c2c(c1)n4-c1ccccc1. The molecule has 47 heavy (non-hydrogen) atoms. The van der Waals surface area contributed by atoms with Gasteiger partial charge < -0.3 is 4.57 Å². The average molecular weight is 595 g/mol. The molecule has 1 aromatic heterocycles. The maximum atomic E-state index is 9.84. The van der Waals surface area contributed by atoms with Crippen molar-refractivity contribution in [1.29, 1.82) is 5.26 Å². The van der Waals surface area contributed by atoms with Crippen LogP contribution < -0.4 is 0 Å². The molecule has 9 aromatic carbocycles. The van der Waals surface area contributed by atoms with E-state index in [1.165, 1.54) is 70.7 Å². The van der Waals surface area contributed by atoms with Crippen LogP contribution >= 0.6 is 0 Å². The minimum Gasteiger partial charge on any atom is -0.309 e. The summed E-state index contributed by atoms with van der Waals surface area (Å²) in [7, 11) is 0. The molecule has 216 valence electrons. The lowest BCUT2D eigenvalue weighted by molar-refractivity contribution is 1.18. The van der Waals surface area contributed by atoms with Crippen LogP contribution in [0.2, 0.25) is 0 Å². The molecule has 10 aromatic rings. The largest absolute Gasteiger partial charge is 0.309 e. The van der Waals surface area contributed by atoms with Gasteiger partial charge in [-0.25, -0.2) is 0 Å². The van der Waals surface area contributed by atoms with E-state index in [0.29, 0.717) is 5.56 Å². The zero-order valence-corrected chi connectivity index (χ0v) is 25.4. The molecular weight excluding hydrogens is 569 g/mol. The van der Waals surface area contributed by atoms with Crippen LogP contribution in [0.4, 0.5) is 0 Å². The first-order valence-electron chi connectivity index (χ1n) is 16.0. The van der Waals surface area contributed by atoms with E-state index in [9.17, 15) is 5.26 Å². The van der Waals surface area contributed by atoms with Crippen LogP contribution in [0.25, 0.3) is 92.8 Å². The van der Waals surface area contributed by atoms with Gasteiger partial charge in [0.25, 0.3) is 0 Å². The molecule has 0 aliphatic carbocycles. The van der Waals surface area contributed by atoms with Gasteiger partial charge in [0.05, 0.1) is 22.7 Å². The van der Waals surface area contributed by atoms with Crippen molar-refractivity contribution in [2.24, 2.45) is 0 Å². The van der Waals surface area contributed by atoms with Crippen molar-refractivity contribution < 1.29 is 0 Å². The summed E-state index contributed by atoms with van der Waals surface area (Å²) in [5.74, 6) is 0. The summed E-state index contributed by atoms with van der Waals surface area (Å²) in [5.41, 5.74) is 8.76. The zero-order chi connectivity index (χ0) is 31.1. The molecule has 0 fully saturated rings. The molecule has 0 spiro atoms. The van der Waals surface area contributed by atoms with Crippen molar-refractivity contribution in [3.8, 4) is 34.0 Å². The Morgan fingerprint density at radius 3 is 1.81 bits per heavy atom. The summed E-state index contributed by atoms with van der Waals surface area (Å²) in [4.78, 5) is 0. The molecule has 0 N–H and O–H groups in total. The number of rotatable bonds is 3. The first-order chi connectivity index (χ1) is 23.2. The number of nitriles is 1. The standard InChI is InChI=1S/C45H26N2/c46-27-28-22-32-18-19-33-24-34(25-43-45(33)44(32)42(23-28)47(43)35-9-2-1-3-10-35)29-14-16-31(17-15-29)40-26-41-36-11-5-4-8-30(36)20-21-39(41)37-12-6-7-13-38(37)40/h1-26H. The Kier molecular flexibility index (Phi) is 5.38. The van der Waals surface area contributed by atoms with Crippen molar-refractivity contribution >= 4 is 64.9 Å². The highest BCUT2D eigenvalue weighted by atomic mass is 15.0. The maximum absolute atomic E-state index is 9.84. The van der Waals surface area contributed by atoms with Crippen LogP contribution in [0.5, 0.6) is 0 Å². The second-order valence-electron chi connectivity index (χ2n) is 12.5. The lowest BCUT2D eigenvalue weighted by Gasteiger charge is -2.14. The Balaban J connectivity index is 1.18. The van der Waals surface area contributed by atoms with Crippen molar-refractivity contribution in [2.45, 2.75) is 0 Å². The number of hydrogen-bond acceptors (Lipinski definition) is 1. The van der Waals surface area contributed by atoms with Crippen LogP contribution in [0.1, 0.15) is 5.56 Å². The summed E-state index contributed by atoms with van der Waals surface area (Å²) in [6.45, 7) is 0. The molecular formula is C45H26N2. The van der Waals surface area contributed by atoms with Crippen molar-refractivity contribution in [1.82, 2.24) is 4.57 Å². The zero-order valence-electron chi connectivity index (χ0n) is 25.4. The highest BCUT2D eigenvalue weighted by molar-refractivity contribution is 6.25. The second kappa shape index (κ2) is 9.78. The molecule has 0 bridgehead atoms. The molecule has 0 unspecified atom stereocenters. The molecule has 0 amide bonds. The molecule has 1 heterocycles. The summed E-state index contributed by atoms with van der Waals surface area (Å²) in [6.07, 6.45) is 0. The fourth-order valence-corrected chi connectivity index (χ4v) is 7.80. The molecule has 0 atom stereocenters. The molecule has 0 aliphatic heterocycles. The van der Waals surface area contributed by atoms with Gasteiger partial charge in [-0.1, -0.05) is 115 Å². The Morgan fingerprint density at radius 2 is 1.02 bits per heavy atom. The van der Waals surface area contributed by atoms with Gasteiger partial charge in [-0.05, 0) is 108 Å². The van der Waals surface area contributed by atoms with E-state index >= 15 is 0 Å². The van der Waals surface area contributed by atoms with E-state index in [4.69, 9.17) is 0 Å². The highest BCUT2D eigenvalue weighted by Crippen LogP contribution is 2.43. The first kappa shape index (κ1) is 25.9. The molecule has 0 aliphatic rings. The predicted molar refractivity (Wildman–Crippen MR) is 198 cm³/mol. The number of para-hydroxylation sites is 1. The molecule has 2 heteroatoms. The van der Waals surface area contributed by atoms with Gasteiger partial charge in [0.1, 0.15) is 0 Å². The van der Waals surface area contributed by atoms with Crippen LogP contribution in [0.15, 0.2) is 158 Å². The van der Waals surface area contributed by atoms with Crippen LogP contribution in [-0.4, -0.2) is 4.57 Å². The Hall–Kier alpha value is -6.43. The highest BCUT2D eigenvalue weighted by Gasteiger charge is 2.19. The lowest BCUT2D eigenvalue weighted by Crippen LogP contribution is -1.94. The smallest absolute Gasteiger partial charge is 0.0992 e. The molecule has 0 saturated carbocycles. The topological polar surface area (TPSA) is 28.7 Å². The Bertz CT molecular complexity index is 2890. The minimum absolute atomic E-state index is 0.672. The second-order valence-corrected chi connectivity index (χ2v) is 12.5. The Morgan fingerprint density at radius 1 is 0.404 bits per heavy atom. The predicted octanol–water partition coefficient (Wildman–Crippen LogP) is 12.0. The quantitative estimate of drug-likeness (QED) is 0.187. The van der Waals surface area contributed by atoms with Crippen LogP contribution in [-0.2, 0) is 0 Å². The number of benzene rings is 9. The molecule has 0 radical (unpaired) electrons. The normalized spacial score (nSPS) is 11.8. The molecule has 2 nitrogen and oxygen atoms in total. The van der Waals surface area contributed by atoms with E-state index < -0.39 is 0 Å². The number of aromatic nitrogens is 1. The third-order valence-corrected chi connectivity index (χ3v) is 9.91. The van der Waals surface area contributed by atoms with Gasteiger partial charge in [0, 0.05) is 16.5 Å². The number of nitrogens with zero attached hydrogens (tertiary/aromatic N) is 2. The summed E-state index contributed by atoms with van der Waals surface area (Å²) in [5, 5.41) is 22.2. The van der Waals surface area contributed by atoms with Crippen molar-refractivity contribution in [3.05, 3.63) is 163 Å². The van der Waals surface area contributed by atoms with E-state index in [-0.39, 0.29) is 0 Å². The lowest BCUT2D eigenvalue weighted by atomic mass is 9.90. The Labute approximate surface area is 271 Å². The van der Waals surface area contributed by atoms with E-state index in [1.807, 2.05) is 18.2 Å². The first-order valence-corrected chi connectivity index (χ1v) is 16.0. The van der Waals surface area contributed by atoms with Gasteiger partial charge in [-0.3, -0.25) is 0 Å². The monoisotopic (exact) mass is 594 g/mol. The molecule has 10 rings (SSSR count). The van der Waals surface area contributed by atoms with Gasteiger partial charge in [-0.15, -0.1) is 0 Å². The van der Waals surface area contributed by atoms with Crippen molar-refractivity contribution in [3.63, 3.8) is 0 Å². The van der Waals surface area contributed by atoms with Gasteiger partial charge in [0.15, 0.2) is 0 Å². The maximum Gasteiger partial charge on any atom is 0.0992 e. The number of hydrogen-bond donors (Lipinski definition) is 0. The number of fused-ring (bicyclic) bond motifs is 5.